The van der Waals surface area contributed by atoms with Gasteiger partial charge in [-0.3, -0.25) is 5.32 Å². The molecule has 0 radical (unpaired) electrons. The summed E-state index contributed by atoms with van der Waals surface area (Å²) in [6.07, 6.45) is -2.60. The van der Waals surface area contributed by atoms with Gasteiger partial charge < -0.3 is 4.74 Å². The highest BCUT2D eigenvalue weighted by molar-refractivity contribution is 5.29. The third kappa shape index (κ3) is 3.88. The zero-order valence-corrected chi connectivity index (χ0v) is 11.7. The molecule has 2 rings (SSSR count). The Morgan fingerprint density at radius 2 is 1.80 bits per heavy atom. The molecule has 2 nitrogen and oxygen atoms in total. The zero-order chi connectivity index (χ0) is 14.8. The molecule has 1 N–H and O–H groups in total. The molecule has 2 atom stereocenters. The van der Waals surface area contributed by atoms with Gasteiger partial charge in [-0.1, -0.05) is 12.1 Å². The molecule has 1 aliphatic heterocycles. The summed E-state index contributed by atoms with van der Waals surface area (Å²) >= 11 is 0. The van der Waals surface area contributed by atoms with Gasteiger partial charge in [0.05, 0.1) is 6.10 Å². The van der Waals surface area contributed by atoms with Crippen LogP contribution >= 0.6 is 0 Å². The van der Waals surface area contributed by atoms with Crippen molar-refractivity contribution in [2.45, 2.75) is 57.5 Å². The smallest absolute Gasteiger partial charge is 0.403 e. The van der Waals surface area contributed by atoms with Crippen LogP contribution in [-0.2, 0) is 0 Å². The Morgan fingerprint density at radius 3 is 2.35 bits per heavy atom. The second kappa shape index (κ2) is 6.04. The van der Waals surface area contributed by atoms with Crippen molar-refractivity contribution in [2.24, 2.45) is 0 Å². The van der Waals surface area contributed by atoms with Gasteiger partial charge in [-0.15, -0.1) is 0 Å². The Balaban J connectivity index is 2.04. The van der Waals surface area contributed by atoms with E-state index < -0.39 is 12.2 Å². The van der Waals surface area contributed by atoms with Crippen molar-refractivity contribution in [1.29, 1.82) is 0 Å². The topological polar surface area (TPSA) is 21.3 Å². The van der Waals surface area contributed by atoms with Crippen LogP contribution in [0.1, 0.15) is 44.7 Å². The Morgan fingerprint density at radius 1 is 1.15 bits per heavy atom. The average Bonchev–Trinajstić information content (AvgIpc) is 2.38. The average molecular weight is 287 g/mol. The van der Waals surface area contributed by atoms with Crippen molar-refractivity contribution >= 4 is 0 Å². The van der Waals surface area contributed by atoms with Crippen LogP contribution in [0.15, 0.2) is 24.3 Å². The molecule has 1 aromatic carbocycles. The first-order valence-corrected chi connectivity index (χ1v) is 6.95. The Bertz CT molecular complexity index is 428. The van der Waals surface area contributed by atoms with Gasteiger partial charge in [-0.05, 0) is 50.8 Å². The molecular formula is C15H20F3NO. The lowest BCUT2D eigenvalue weighted by Crippen LogP contribution is -2.46. The number of nitrogens with one attached hydrogen (secondary N) is 1. The zero-order valence-electron chi connectivity index (χ0n) is 11.7. The van der Waals surface area contributed by atoms with Gasteiger partial charge in [-0.25, -0.2) is 0 Å². The van der Waals surface area contributed by atoms with Gasteiger partial charge in [-0.2, -0.15) is 13.2 Å². The molecular weight excluding hydrogens is 267 g/mol. The van der Waals surface area contributed by atoms with E-state index in [0.717, 1.165) is 17.7 Å². The lowest BCUT2D eigenvalue weighted by molar-refractivity contribution is -0.163. The summed E-state index contributed by atoms with van der Waals surface area (Å²) < 4.78 is 43.8. The molecule has 1 heterocycles. The molecule has 20 heavy (non-hydrogen) atoms. The van der Waals surface area contributed by atoms with Crippen molar-refractivity contribution in [3.8, 4) is 5.75 Å². The summed E-state index contributed by atoms with van der Waals surface area (Å²) in [5.74, 6) is 0.743. The molecule has 5 heteroatoms. The van der Waals surface area contributed by atoms with Crippen LogP contribution in [0.2, 0.25) is 0 Å². The Kier molecular flexibility index (Phi) is 4.58. The van der Waals surface area contributed by atoms with Crippen LogP contribution in [0.5, 0.6) is 5.75 Å². The molecule has 0 amide bonds. The maximum Gasteiger partial charge on any atom is 0.403 e. The SMILES string of the molecule is CC(C)Oc1ccc(C2CCCC(C(F)(F)F)N2)cc1. The van der Waals surface area contributed by atoms with E-state index >= 15 is 0 Å². The van der Waals surface area contributed by atoms with Gasteiger partial charge in [0.1, 0.15) is 11.8 Å². The van der Waals surface area contributed by atoms with E-state index in [2.05, 4.69) is 5.32 Å². The predicted molar refractivity (Wildman–Crippen MR) is 71.8 cm³/mol. The molecule has 1 saturated heterocycles. The number of alkyl halides is 3. The van der Waals surface area contributed by atoms with Gasteiger partial charge in [0.15, 0.2) is 0 Å². The Hall–Kier alpha value is -1.23. The molecule has 112 valence electrons. The molecule has 0 spiro atoms. The van der Waals surface area contributed by atoms with Crippen molar-refractivity contribution in [2.75, 3.05) is 0 Å². The van der Waals surface area contributed by atoms with Crippen LogP contribution in [0, 0.1) is 0 Å². The highest BCUT2D eigenvalue weighted by Gasteiger charge is 2.42. The summed E-state index contributed by atoms with van der Waals surface area (Å²) in [5.41, 5.74) is 0.884. The molecule has 0 saturated carbocycles. The fourth-order valence-electron chi connectivity index (χ4n) is 2.51. The van der Waals surface area contributed by atoms with Crippen molar-refractivity contribution in [3.63, 3.8) is 0 Å². The van der Waals surface area contributed by atoms with Gasteiger partial charge >= 0.3 is 6.18 Å². The number of hydrogen-bond acceptors (Lipinski definition) is 2. The van der Waals surface area contributed by atoms with E-state index in [0.29, 0.717) is 6.42 Å². The molecule has 2 unspecified atom stereocenters. The normalized spacial score (nSPS) is 23.9. The second-order valence-corrected chi connectivity index (χ2v) is 5.48. The fourth-order valence-corrected chi connectivity index (χ4v) is 2.51. The van der Waals surface area contributed by atoms with E-state index in [-0.39, 0.29) is 18.6 Å². The summed E-state index contributed by atoms with van der Waals surface area (Å²) in [7, 11) is 0. The number of benzene rings is 1. The minimum Gasteiger partial charge on any atom is -0.491 e. The van der Waals surface area contributed by atoms with Crippen LogP contribution in [0.4, 0.5) is 13.2 Å². The summed E-state index contributed by atoms with van der Waals surface area (Å²) in [4.78, 5) is 0. The third-order valence-corrected chi connectivity index (χ3v) is 3.44. The van der Waals surface area contributed by atoms with Gasteiger partial charge in [0.2, 0.25) is 0 Å². The highest BCUT2D eigenvalue weighted by Crippen LogP contribution is 2.33. The standard InChI is InChI=1S/C15H20F3NO/c1-10(2)20-12-8-6-11(7-9-12)13-4-3-5-14(19-13)15(16,17)18/h6-10,13-14,19H,3-5H2,1-2H3. The maximum atomic E-state index is 12.8. The van der Waals surface area contributed by atoms with Gasteiger partial charge in [0, 0.05) is 6.04 Å². The molecule has 0 aromatic heterocycles. The van der Waals surface area contributed by atoms with Gasteiger partial charge in [0.25, 0.3) is 0 Å². The number of halogens is 3. The first-order valence-electron chi connectivity index (χ1n) is 6.95. The fraction of sp³-hybridized carbons (Fsp3) is 0.600. The second-order valence-electron chi connectivity index (χ2n) is 5.48. The highest BCUT2D eigenvalue weighted by atomic mass is 19.4. The van der Waals surface area contributed by atoms with E-state index in [1.165, 1.54) is 0 Å². The van der Waals surface area contributed by atoms with Crippen LogP contribution in [0.3, 0.4) is 0 Å². The van der Waals surface area contributed by atoms with Crippen molar-refractivity contribution in [3.05, 3.63) is 29.8 Å². The monoisotopic (exact) mass is 287 g/mol. The Labute approximate surface area is 117 Å². The van der Waals surface area contributed by atoms with E-state index in [9.17, 15) is 13.2 Å². The van der Waals surface area contributed by atoms with E-state index in [1.54, 1.807) is 0 Å². The number of hydrogen-bond donors (Lipinski definition) is 1. The number of rotatable bonds is 3. The summed E-state index contributed by atoms with van der Waals surface area (Å²) in [6, 6.07) is 5.68. The number of piperidine rings is 1. The predicted octanol–water partition coefficient (Wildman–Crippen LogP) is 4.22. The molecule has 0 bridgehead atoms. The maximum absolute atomic E-state index is 12.8. The van der Waals surface area contributed by atoms with Crippen molar-refractivity contribution < 1.29 is 17.9 Å². The third-order valence-electron chi connectivity index (χ3n) is 3.44. The lowest BCUT2D eigenvalue weighted by atomic mass is 9.93. The minimum atomic E-state index is -4.17. The first-order chi connectivity index (χ1) is 9.36. The summed E-state index contributed by atoms with van der Waals surface area (Å²) in [6.45, 7) is 3.87. The largest absolute Gasteiger partial charge is 0.491 e. The van der Waals surface area contributed by atoms with Crippen LogP contribution < -0.4 is 10.1 Å². The minimum absolute atomic E-state index is 0.0864. The lowest BCUT2D eigenvalue weighted by Gasteiger charge is -2.32. The van der Waals surface area contributed by atoms with E-state index in [1.807, 2.05) is 38.1 Å². The van der Waals surface area contributed by atoms with Crippen LogP contribution in [0.25, 0.3) is 0 Å². The van der Waals surface area contributed by atoms with Crippen molar-refractivity contribution in [1.82, 2.24) is 5.32 Å². The summed E-state index contributed by atoms with van der Waals surface area (Å²) in [5, 5.41) is 2.70. The van der Waals surface area contributed by atoms with Crippen LogP contribution in [-0.4, -0.2) is 18.3 Å². The quantitative estimate of drug-likeness (QED) is 0.898. The van der Waals surface area contributed by atoms with E-state index in [4.69, 9.17) is 4.74 Å². The molecule has 0 aliphatic carbocycles. The molecule has 1 fully saturated rings. The molecule has 1 aromatic rings. The first kappa shape index (κ1) is 15.2. The molecule has 1 aliphatic rings. The number of ether oxygens (including phenoxy) is 1.